The number of hydrogen-bond acceptors (Lipinski definition) is 1. The molecular weight excluding hydrogens is 619 g/mol. The molecular formula is C48H35NSi. The second-order valence-corrected chi connectivity index (χ2v) is 16.6. The molecule has 0 radical (unpaired) electrons. The van der Waals surface area contributed by atoms with E-state index in [1.54, 1.807) is 0 Å². The van der Waals surface area contributed by atoms with Gasteiger partial charge in [-0.3, -0.25) is 0 Å². The van der Waals surface area contributed by atoms with Crippen LogP contribution in [0.1, 0.15) is 0 Å². The van der Waals surface area contributed by atoms with E-state index in [2.05, 4.69) is 217 Å². The third-order valence-electron chi connectivity index (χ3n) is 10.2. The zero-order chi connectivity index (χ0) is 33.3. The number of nitrogens with zero attached hydrogens (tertiary/aromatic N) is 1. The van der Waals surface area contributed by atoms with Gasteiger partial charge >= 0.3 is 0 Å². The van der Waals surface area contributed by atoms with Gasteiger partial charge in [-0.15, -0.1) is 0 Å². The molecule has 9 rings (SSSR count). The van der Waals surface area contributed by atoms with E-state index in [0.717, 1.165) is 11.4 Å². The molecule has 0 saturated carbocycles. The predicted molar refractivity (Wildman–Crippen MR) is 215 cm³/mol. The Morgan fingerprint density at radius 2 is 0.700 bits per heavy atom. The van der Waals surface area contributed by atoms with E-state index in [1.165, 1.54) is 59.8 Å². The van der Waals surface area contributed by atoms with Crippen molar-refractivity contribution in [2.45, 2.75) is 0 Å². The van der Waals surface area contributed by atoms with Gasteiger partial charge in [-0.2, -0.15) is 0 Å². The third kappa shape index (κ3) is 4.92. The fourth-order valence-corrected chi connectivity index (χ4v) is 13.3. The molecule has 0 N–H and O–H groups in total. The standard InChI is InChI=1S/C48H35NSi/c1-5-16-36(17-6-1)38-28-32-40(33-29-38)49(41-34-30-39(31-35-41)37-18-7-2-8-19-37)46-26-15-25-45-44-24-13-14-27-47(44)50(48(45)46,42-20-9-3-10-21-42)43-22-11-4-12-23-43/h1-35H. The molecule has 50 heavy (non-hydrogen) atoms. The Bertz CT molecular complexity index is 2260. The van der Waals surface area contributed by atoms with Crippen molar-refractivity contribution in [1.29, 1.82) is 0 Å². The SMILES string of the molecule is c1ccc(-c2ccc(N(c3ccc(-c4ccccc4)cc3)c3cccc4c3[Si](c3ccccc3)(c3ccccc3)c3ccccc3-4)cc2)cc1. The molecule has 0 bridgehead atoms. The minimum Gasteiger partial charge on any atom is -0.311 e. The molecule has 1 nitrogen and oxygen atoms in total. The third-order valence-corrected chi connectivity index (χ3v) is 15.1. The van der Waals surface area contributed by atoms with Crippen LogP contribution in [0.3, 0.4) is 0 Å². The average Bonchev–Trinajstić information content (AvgIpc) is 3.52. The Hall–Kier alpha value is -6.22. The van der Waals surface area contributed by atoms with Crippen molar-refractivity contribution in [3.05, 3.63) is 212 Å². The van der Waals surface area contributed by atoms with Crippen molar-refractivity contribution in [2.75, 3.05) is 4.90 Å². The van der Waals surface area contributed by atoms with E-state index < -0.39 is 8.07 Å². The second-order valence-electron chi connectivity index (χ2n) is 12.9. The van der Waals surface area contributed by atoms with Crippen LogP contribution in [0.5, 0.6) is 0 Å². The number of fused-ring (bicyclic) bond motifs is 3. The van der Waals surface area contributed by atoms with E-state index in [0.29, 0.717) is 0 Å². The largest absolute Gasteiger partial charge is 0.311 e. The monoisotopic (exact) mass is 653 g/mol. The first-order valence-electron chi connectivity index (χ1n) is 17.3. The first kappa shape index (κ1) is 29.9. The molecule has 1 aliphatic heterocycles. The summed E-state index contributed by atoms with van der Waals surface area (Å²) in [6, 6.07) is 78.0. The highest BCUT2D eigenvalue weighted by molar-refractivity contribution is 7.22. The zero-order valence-electron chi connectivity index (χ0n) is 27.7. The molecule has 1 heterocycles. The van der Waals surface area contributed by atoms with Crippen molar-refractivity contribution in [2.24, 2.45) is 0 Å². The smallest absolute Gasteiger partial charge is 0.183 e. The first-order chi connectivity index (χ1) is 24.8. The molecule has 0 spiro atoms. The maximum atomic E-state index is 2.49. The molecule has 236 valence electrons. The van der Waals surface area contributed by atoms with Crippen LogP contribution in [-0.2, 0) is 0 Å². The summed E-state index contributed by atoms with van der Waals surface area (Å²) in [7, 11) is -2.77. The summed E-state index contributed by atoms with van der Waals surface area (Å²) in [4.78, 5) is 2.49. The molecule has 0 saturated heterocycles. The van der Waals surface area contributed by atoms with Crippen molar-refractivity contribution in [3.63, 3.8) is 0 Å². The van der Waals surface area contributed by atoms with E-state index in [1.807, 2.05) is 0 Å². The highest BCUT2D eigenvalue weighted by Crippen LogP contribution is 2.40. The maximum Gasteiger partial charge on any atom is 0.183 e. The highest BCUT2D eigenvalue weighted by Gasteiger charge is 2.50. The molecule has 1 aliphatic rings. The topological polar surface area (TPSA) is 3.24 Å². The number of rotatable bonds is 7. The van der Waals surface area contributed by atoms with Gasteiger partial charge in [0, 0.05) is 17.1 Å². The van der Waals surface area contributed by atoms with Crippen LogP contribution in [-0.4, -0.2) is 8.07 Å². The highest BCUT2D eigenvalue weighted by atomic mass is 28.3. The van der Waals surface area contributed by atoms with Gasteiger partial charge in [0.2, 0.25) is 0 Å². The minimum atomic E-state index is -2.77. The van der Waals surface area contributed by atoms with Crippen molar-refractivity contribution >= 4 is 45.9 Å². The van der Waals surface area contributed by atoms with Crippen molar-refractivity contribution in [1.82, 2.24) is 0 Å². The lowest BCUT2D eigenvalue weighted by Gasteiger charge is -2.36. The minimum absolute atomic E-state index is 1.13. The first-order valence-corrected chi connectivity index (χ1v) is 19.3. The molecule has 0 atom stereocenters. The van der Waals surface area contributed by atoms with Gasteiger partial charge < -0.3 is 4.90 Å². The summed E-state index contributed by atoms with van der Waals surface area (Å²) in [5.74, 6) is 0. The lowest BCUT2D eigenvalue weighted by Crippen LogP contribution is -2.73. The molecule has 0 unspecified atom stereocenters. The second kappa shape index (κ2) is 12.7. The molecule has 0 fully saturated rings. The van der Waals surface area contributed by atoms with E-state index in [9.17, 15) is 0 Å². The Kier molecular flexibility index (Phi) is 7.57. The van der Waals surface area contributed by atoms with Gasteiger partial charge in [-0.05, 0) is 84.5 Å². The predicted octanol–water partition coefficient (Wildman–Crippen LogP) is 9.85. The molecule has 0 aliphatic carbocycles. The van der Waals surface area contributed by atoms with Crippen LogP contribution in [0.4, 0.5) is 17.1 Å². The summed E-state index contributed by atoms with van der Waals surface area (Å²) in [6.45, 7) is 0. The summed E-state index contributed by atoms with van der Waals surface area (Å²) in [6.07, 6.45) is 0. The van der Waals surface area contributed by atoms with Crippen LogP contribution in [0.25, 0.3) is 33.4 Å². The van der Waals surface area contributed by atoms with Gasteiger partial charge in [0.05, 0.1) is 0 Å². The Labute approximate surface area is 295 Å². The molecule has 2 heteroatoms. The molecule has 8 aromatic carbocycles. The van der Waals surface area contributed by atoms with Crippen LogP contribution in [0.2, 0.25) is 0 Å². The van der Waals surface area contributed by atoms with E-state index >= 15 is 0 Å². The molecule has 0 aromatic heterocycles. The van der Waals surface area contributed by atoms with Gasteiger partial charge in [0.1, 0.15) is 0 Å². The quantitative estimate of drug-likeness (QED) is 0.155. The van der Waals surface area contributed by atoms with E-state index in [-0.39, 0.29) is 0 Å². The molecule has 8 aromatic rings. The summed E-state index contributed by atoms with van der Waals surface area (Å²) >= 11 is 0. The zero-order valence-corrected chi connectivity index (χ0v) is 28.7. The average molecular weight is 654 g/mol. The van der Waals surface area contributed by atoms with Gasteiger partial charge in [0.15, 0.2) is 8.07 Å². The number of hydrogen-bond donors (Lipinski definition) is 0. The van der Waals surface area contributed by atoms with Gasteiger partial charge in [0.25, 0.3) is 0 Å². The van der Waals surface area contributed by atoms with Gasteiger partial charge in [-0.25, -0.2) is 0 Å². The Balaban J connectivity index is 1.32. The van der Waals surface area contributed by atoms with Crippen LogP contribution < -0.4 is 25.6 Å². The lowest BCUT2D eigenvalue weighted by atomic mass is 10.0. The maximum absolute atomic E-state index is 2.77. The fraction of sp³-hybridized carbons (Fsp3) is 0. The number of benzene rings is 8. The summed E-state index contributed by atoms with van der Waals surface area (Å²) in [5.41, 5.74) is 11.0. The lowest BCUT2D eigenvalue weighted by molar-refractivity contribution is 1.29. The van der Waals surface area contributed by atoms with E-state index in [4.69, 9.17) is 0 Å². The fourth-order valence-electron chi connectivity index (χ4n) is 7.96. The normalized spacial score (nSPS) is 12.6. The van der Waals surface area contributed by atoms with Crippen LogP contribution >= 0.6 is 0 Å². The number of anilines is 3. The van der Waals surface area contributed by atoms with Crippen LogP contribution in [0.15, 0.2) is 212 Å². The van der Waals surface area contributed by atoms with Crippen molar-refractivity contribution < 1.29 is 0 Å². The summed E-state index contributed by atoms with van der Waals surface area (Å²) in [5, 5.41) is 5.66. The Morgan fingerprint density at radius 3 is 1.20 bits per heavy atom. The summed E-state index contributed by atoms with van der Waals surface area (Å²) < 4.78 is 0. The molecule has 0 amide bonds. The Morgan fingerprint density at radius 1 is 0.300 bits per heavy atom. The van der Waals surface area contributed by atoms with Crippen LogP contribution in [0, 0.1) is 0 Å². The van der Waals surface area contributed by atoms with Gasteiger partial charge in [-0.1, -0.05) is 182 Å². The van der Waals surface area contributed by atoms with Crippen molar-refractivity contribution in [3.8, 4) is 33.4 Å².